The zero-order chi connectivity index (χ0) is 17.4. The highest BCUT2D eigenvalue weighted by molar-refractivity contribution is 5.52. The van der Waals surface area contributed by atoms with Gasteiger partial charge in [0.25, 0.3) is 11.3 Å². The first kappa shape index (κ1) is 15.2. The van der Waals surface area contributed by atoms with Gasteiger partial charge >= 0.3 is 0 Å². The maximum absolute atomic E-state index is 12.4. The summed E-state index contributed by atoms with van der Waals surface area (Å²) in [6.07, 6.45) is 4.14. The molecule has 9 heteroatoms. The van der Waals surface area contributed by atoms with Crippen LogP contribution < -0.4 is 5.56 Å². The maximum atomic E-state index is 12.4. The van der Waals surface area contributed by atoms with E-state index in [9.17, 15) is 4.79 Å². The third-order valence-electron chi connectivity index (χ3n) is 3.79. The molecule has 0 aromatic carbocycles. The van der Waals surface area contributed by atoms with Gasteiger partial charge in [-0.15, -0.1) is 0 Å². The SMILES string of the molecule is Cc1cc(CCc2nc(-c3cnc4nc[nH]n4c3=O)no2)cc(C)n1. The average Bonchev–Trinajstić information content (AvgIpc) is 3.22. The lowest BCUT2D eigenvalue weighted by molar-refractivity contribution is 0.379. The molecule has 4 heterocycles. The number of H-pyrrole nitrogens is 1. The van der Waals surface area contributed by atoms with Crippen LogP contribution in [0.25, 0.3) is 17.2 Å². The minimum Gasteiger partial charge on any atom is -0.339 e. The zero-order valence-electron chi connectivity index (χ0n) is 13.7. The molecule has 0 bridgehead atoms. The lowest BCUT2D eigenvalue weighted by Gasteiger charge is -2.02. The molecule has 0 amide bonds. The number of nitrogens with one attached hydrogen (secondary N) is 1. The number of aromatic amines is 1. The summed E-state index contributed by atoms with van der Waals surface area (Å²) in [7, 11) is 0. The Morgan fingerprint density at radius 1 is 1.12 bits per heavy atom. The third kappa shape index (κ3) is 2.91. The predicted octanol–water partition coefficient (Wildman–Crippen LogP) is 1.26. The average molecular weight is 337 g/mol. The van der Waals surface area contributed by atoms with Crippen molar-refractivity contribution in [1.82, 2.24) is 34.7 Å². The summed E-state index contributed by atoms with van der Waals surface area (Å²) in [5.74, 6) is 0.982. The molecule has 0 radical (unpaired) electrons. The lowest BCUT2D eigenvalue weighted by Crippen LogP contribution is -2.17. The molecule has 1 N–H and O–H groups in total. The summed E-state index contributed by atoms with van der Waals surface area (Å²) in [5.41, 5.74) is 3.05. The van der Waals surface area contributed by atoms with E-state index in [2.05, 4.69) is 30.2 Å². The van der Waals surface area contributed by atoms with Crippen LogP contribution in [0.1, 0.15) is 22.8 Å². The van der Waals surface area contributed by atoms with E-state index in [1.165, 1.54) is 17.0 Å². The molecular weight excluding hydrogens is 322 g/mol. The van der Waals surface area contributed by atoms with Gasteiger partial charge in [-0.3, -0.25) is 14.9 Å². The largest absolute Gasteiger partial charge is 0.339 e. The van der Waals surface area contributed by atoms with Crippen LogP contribution in [0.2, 0.25) is 0 Å². The third-order valence-corrected chi connectivity index (χ3v) is 3.79. The van der Waals surface area contributed by atoms with E-state index < -0.39 is 0 Å². The summed E-state index contributed by atoms with van der Waals surface area (Å²) in [6, 6.07) is 4.07. The molecule has 0 unspecified atom stereocenters. The molecule has 0 aliphatic rings. The predicted molar refractivity (Wildman–Crippen MR) is 88.0 cm³/mol. The molecule has 0 saturated carbocycles. The Morgan fingerprint density at radius 3 is 2.72 bits per heavy atom. The van der Waals surface area contributed by atoms with E-state index in [0.717, 1.165) is 23.4 Å². The summed E-state index contributed by atoms with van der Waals surface area (Å²) in [6.45, 7) is 3.93. The van der Waals surface area contributed by atoms with Gasteiger partial charge in [0.2, 0.25) is 11.7 Å². The second-order valence-corrected chi connectivity index (χ2v) is 5.77. The Labute approximate surface area is 141 Å². The van der Waals surface area contributed by atoms with Crippen LogP contribution in [-0.4, -0.2) is 34.7 Å². The van der Waals surface area contributed by atoms with Crippen LogP contribution >= 0.6 is 0 Å². The Morgan fingerprint density at radius 2 is 1.92 bits per heavy atom. The van der Waals surface area contributed by atoms with E-state index in [1.54, 1.807) is 0 Å². The van der Waals surface area contributed by atoms with Gasteiger partial charge in [-0.25, -0.2) is 9.97 Å². The van der Waals surface area contributed by atoms with Crippen LogP contribution in [0, 0.1) is 13.8 Å². The van der Waals surface area contributed by atoms with Crippen molar-refractivity contribution in [1.29, 1.82) is 0 Å². The Hall–Kier alpha value is -3.36. The summed E-state index contributed by atoms with van der Waals surface area (Å²) in [5, 5.41) is 6.60. The highest BCUT2D eigenvalue weighted by atomic mass is 16.5. The second-order valence-electron chi connectivity index (χ2n) is 5.77. The Kier molecular flexibility index (Phi) is 3.60. The van der Waals surface area contributed by atoms with Crippen LogP contribution in [0.4, 0.5) is 0 Å². The molecule has 0 atom stereocenters. The van der Waals surface area contributed by atoms with Crippen molar-refractivity contribution in [3.05, 3.63) is 57.9 Å². The first-order chi connectivity index (χ1) is 12.1. The normalized spacial score (nSPS) is 11.3. The molecule has 4 aromatic heterocycles. The number of aryl methyl sites for hydroxylation is 4. The minimum atomic E-state index is -0.324. The number of rotatable bonds is 4. The van der Waals surface area contributed by atoms with Crippen molar-refractivity contribution in [3.8, 4) is 11.4 Å². The number of aromatic nitrogens is 7. The van der Waals surface area contributed by atoms with Gasteiger partial charge in [0, 0.05) is 24.0 Å². The number of hydrogen-bond acceptors (Lipinski definition) is 7. The molecule has 0 saturated heterocycles. The fraction of sp³-hybridized carbons (Fsp3) is 0.250. The molecular formula is C16H15N7O2. The second kappa shape index (κ2) is 5.93. The van der Waals surface area contributed by atoms with Crippen molar-refractivity contribution >= 4 is 5.78 Å². The zero-order valence-corrected chi connectivity index (χ0v) is 13.7. The fourth-order valence-corrected chi connectivity index (χ4v) is 2.73. The van der Waals surface area contributed by atoms with Gasteiger partial charge in [-0.2, -0.15) is 9.50 Å². The minimum absolute atomic E-state index is 0.221. The van der Waals surface area contributed by atoms with Gasteiger partial charge in [0.1, 0.15) is 11.9 Å². The number of fused-ring (bicyclic) bond motifs is 1. The van der Waals surface area contributed by atoms with Gasteiger partial charge in [0.15, 0.2) is 0 Å². The molecule has 0 aliphatic heterocycles. The lowest BCUT2D eigenvalue weighted by atomic mass is 10.1. The summed E-state index contributed by atoms with van der Waals surface area (Å²) >= 11 is 0. The quantitative estimate of drug-likeness (QED) is 0.596. The molecule has 4 aromatic rings. The smallest absolute Gasteiger partial charge is 0.285 e. The number of pyridine rings is 1. The first-order valence-corrected chi connectivity index (χ1v) is 7.78. The van der Waals surface area contributed by atoms with Crippen molar-refractivity contribution in [3.63, 3.8) is 0 Å². The van der Waals surface area contributed by atoms with Gasteiger partial charge < -0.3 is 4.52 Å². The molecule has 0 aliphatic carbocycles. The Balaban J connectivity index is 1.57. The Bertz CT molecular complexity index is 1090. The van der Waals surface area contributed by atoms with Crippen molar-refractivity contribution in [2.45, 2.75) is 26.7 Å². The number of hydrogen-bond donors (Lipinski definition) is 1. The highest BCUT2D eigenvalue weighted by Gasteiger charge is 2.15. The summed E-state index contributed by atoms with van der Waals surface area (Å²) in [4.78, 5) is 29.1. The van der Waals surface area contributed by atoms with Gasteiger partial charge in [0.05, 0.1) is 0 Å². The molecule has 0 spiro atoms. The van der Waals surface area contributed by atoms with Gasteiger partial charge in [-0.1, -0.05) is 5.16 Å². The molecule has 25 heavy (non-hydrogen) atoms. The monoisotopic (exact) mass is 337 g/mol. The molecule has 0 fully saturated rings. The van der Waals surface area contributed by atoms with E-state index in [0.29, 0.717) is 18.1 Å². The van der Waals surface area contributed by atoms with E-state index >= 15 is 0 Å². The van der Waals surface area contributed by atoms with Crippen LogP contribution in [0.15, 0.2) is 34.0 Å². The molecule has 4 rings (SSSR count). The highest BCUT2D eigenvalue weighted by Crippen LogP contribution is 2.13. The fourth-order valence-electron chi connectivity index (χ4n) is 2.73. The molecule has 9 nitrogen and oxygen atoms in total. The molecule has 126 valence electrons. The van der Waals surface area contributed by atoms with Crippen LogP contribution in [0.5, 0.6) is 0 Å². The van der Waals surface area contributed by atoms with E-state index in [-0.39, 0.29) is 16.9 Å². The van der Waals surface area contributed by atoms with Crippen molar-refractivity contribution < 1.29 is 4.52 Å². The standard InChI is InChI=1S/C16H15N7O2/c1-9-5-11(6-10(2)20-9)3-4-13-21-14(22-25-13)12-7-17-16-18-8-19-23(16)15(12)24/h5-8H,3-4H2,1-2H3,(H,17,18,19). The summed E-state index contributed by atoms with van der Waals surface area (Å²) < 4.78 is 6.50. The number of nitrogens with zero attached hydrogens (tertiary/aromatic N) is 6. The first-order valence-electron chi connectivity index (χ1n) is 7.78. The van der Waals surface area contributed by atoms with Crippen molar-refractivity contribution in [2.75, 3.05) is 0 Å². The van der Waals surface area contributed by atoms with E-state index in [4.69, 9.17) is 4.52 Å². The maximum Gasteiger partial charge on any atom is 0.285 e. The topological polar surface area (TPSA) is 115 Å². The van der Waals surface area contributed by atoms with Crippen LogP contribution in [-0.2, 0) is 12.8 Å². The van der Waals surface area contributed by atoms with Gasteiger partial charge in [-0.05, 0) is 38.0 Å². The van der Waals surface area contributed by atoms with E-state index in [1.807, 2.05) is 26.0 Å². The van der Waals surface area contributed by atoms with Crippen molar-refractivity contribution in [2.24, 2.45) is 0 Å². The van der Waals surface area contributed by atoms with Crippen LogP contribution in [0.3, 0.4) is 0 Å².